The molecule has 6 nitrogen and oxygen atoms in total. The zero-order chi connectivity index (χ0) is 16.6. The number of hydrogen-bond acceptors (Lipinski definition) is 4. The van der Waals surface area contributed by atoms with Crippen molar-refractivity contribution in [2.75, 3.05) is 20.1 Å². The number of nitrogens with zero attached hydrogens (tertiary/aromatic N) is 2. The van der Waals surface area contributed by atoms with Gasteiger partial charge in [0.25, 0.3) is 11.8 Å². The lowest BCUT2D eigenvalue weighted by Crippen LogP contribution is -2.54. The monoisotopic (exact) mass is 317 g/mol. The van der Waals surface area contributed by atoms with Crippen LogP contribution >= 0.6 is 0 Å². The normalized spacial score (nSPS) is 20.4. The number of piperazine rings is 1. The molecule has 1 unspecified atom stereocenters. The van der Waals surface area contributed by atoms with E-state index in [1.54, 1.807) is 24.1 Å². The molecule has 2 aliphatic heterocycles. The first kappa shape index (κ1) is 15.2. The number of Topliss-reactive ketones (excluding diaryl/α,β-unsaturated/α-hetero) is 1. The van der Waals surface area contributed by atoms with Gasteiger partial charge in [0, 0.05) is 32.9 Å². The molecule has 1 aromatic rings. The number of halogens is 1. The van der Waals surface area contributed by atoms with Crippen molar-refractivity contribution in [3.05, 3.63) is 47.4 Å². The fourth-order valence-corrected chi connectivity index (χ4v) is 2.68. The number of benzene rings is 1. The van der Waals surface area contributed by atoms with Crippen LogP contribution in [0.2, 0.25) is 0 Å². The minimum atomic E-state index is -0.916. The predicted octanol–water partition coefficient (Wildman–Crippen LogP) is 0.0511. The largest absolute Gasteiger partial charge is 0.357 e. The lowest BCUT2D eigenvalue weighted by molar-refractivity contribution is -0.142. The van der Waals surface area contributed by atoms with E-state index in [0.717, 1.165) is 5.56 Å². The Labute approximate surface area is 132 Å². The van der Waals surface area contributed by atoms with Crippen molar-refractivity contribution in [3.8, 4) is 0 Å². The van der Waals surface area contributed by atoms with Crippen molar-refractivity contribution in [2.45, 2.75) is 12.6 Å². The maximum absolute atomic E-state index is 12.8. The summed E-state index contributed by atoms with van der Waals surface area (Å²) in [5.41, 5.74) is 0.708. The molecule has 2 heterocycles. The van der Waals surface area contributed by atoms with Gasteiger partial charge in [-0.1, -0.05) is 12.1 Å². The smallest absolute Gasteiger partial charge is 0.256 e. The minimum absolute atomic E-state index is 0.0132. The molecule has 1 saturated heterocycles. The quantitative estimate of drug-likeness (QED) is 0.632. The standard InChI is InChI=1S/C16H16FN3O3/c1-19-6-7-20-9-12(14(21)13(20)16(19)23)15(22)18-8-10-2-4-11(17)5-3-10/h2-5,9,13H,6-8H2,1H3,(H,18,22). The molecule has 0 aromatic heterocycles. The molecule has 2 amide bonds. The number of likely N-dealkylation sites (N-methyl/N-ethyl adjacent to an activating group) is 1. The molecule has 23 heavy (non-hydrogen) atoms. The second kappa shape index (κ2) is 5.83. The van der Waals surface area contributed by atoms with Crippen LogP contribution in [0.1, 0.15) is 5.56 Å². The van der Waals surface area contributed by atoms with Crippen LogP contribution in [0.25, 0.3) is 0 Å². The molecular formula is C16H16FN3O3. The number of carbonyl (C=O) groups is 3. The molecular weight excluding hydrogens is 301 g/mol. The third kappa shape index (κ3) is 2.81. The van der Waals surface area contributed by atoms with Crippen molar-refractivity contribution < 1.29 is 18.8 Å². The highest BCUT2D eigenvalue weighted by Crippen LogP contribution is 2.23. The van der Waals surface area contributed by atoms with Crippen LogP contribution < -0.4 is 5.32 Å². The van der Waals surface area contributed by atoms with Gasteiger partial charge in [0.2, 0.25) is 5.78 Å². The van der Waals surface area contributed by atoms with Crippen LogP contribution in [-0.4, -0.2) is 53.6 Å². The second-order valence-electron chi connectivity index (χ2n) is 5.62. The summed E-state index contributed by atoms with van der Waals surface area (Å²) in [5, 5.41) is 2.62. The van der Waals surface area contributed by atoms with Gasteiger partial charge in [-0.2, -0.15) is 0 Å². The van der Waals surface area contributed by atoms with Crippen molar-refractivity contribution in [2.24, 2.45) is 0 Å². The van der Waals surface area contributed by atoms with Crippen LogP contribution in [0, 0.1) is 5.82 Å². The first-order chi connectivity index (χ1) is 11.0. The molecule has 3 rings (SSSR count). The Balaban J connectivity index is 1.67. The maximum atomic E-state index is 12.8. The van der Waals surface area contributed by atoms with Gasteiger partial charge in [-0.05, 0) is 17.7 Å². The third-order valence-corrected chi connectivity index (χ3v) is 4.06. The molecule has 0 bridgehead atoms. The summed E-state index contributed by atoms with van der Waals surface area (Å²) >= 11 is 0. The van der Waals surface area contributed by atoms with Crippen molar-refractivity contribution in [1.82, 2.24) is 15.1 Å². The average Bonchev–Trinajstić information content (AvgIpc) is 2.88. The highest BCUT2D eigenvalue weighted by atomic mass is 19.1. The number of rotatable bonds is 3. The highest BCUT2D eigenvalue weighted by molar-refractivity contribution is 6.28. The number of amides is 2. The summed E-state index contributed by atoms with van der Waals surface area (Å²) in [5.74, 6) is -1.64. The average molecular weight is 317 g/mol. The molecule has 1 N–H and O–H groups in total. The molecule has 0 saturated carbocycles. The van der Waals surface area contributed by atoms with E-state index in [2.05, 4.69) is 5.32 Å². The third-order valence-electron chi connectivity index (χ3n) is 4.06. The van der Waals surface area contributed by atoms with Crippen LogP contribution in [0.4, 0.5) is 4.39 Å². The molecule has 1 aromatic carbocycles. The van der Waals surface area contributed by atoms with Crippen LogP contribution in [0.15, 0.2) is 36.0 Å². The molecule has 1 atom stereocenters. The second-order valence-corrected chi connectivity index (χ2v) is 5.62. The molecule has 2 aliphatic rings. The molecule has 0 radical (unpaired) electrons. The van der Waals surface area contributed by atoms with Crippen molar-refractivity contribution in [1.29, 1.82) is 0 Å². The van der Waals surface area contributed by atoms with E-state index in [1.807, 2.05) is 0 Å². The zero-order valence-corrected chi connectivity index (χ0v) is 12.6. The van der Waals surface area contributed by atoms with Crippen LogP contribution in [-0.2, 0) is 20.9 Å². The number of carbonyl (C=O) groups excluding carboxylic acids is 3. The summed E-state index contributed by atoms with van der Waals surface area (Å²) in [4.78, 5) is 39.7. The Bertz CT molecular complexity index is 699. The van der Waals surface area contributed by atoms with E-state index in [9.17, 15) is 18.8 Å². The minimum Gasteiger partial charge on any atom is -0.357 e. The lowest BCUT2D eigenvalue weighted by Gasteiger charge is -2.34. The molecule has 7 heteroatoms. The van der Waals surface area contributed by atoms with Crippen molar-refractivity contribution in [3.63, 3.8) is 0 Å². The van der Waals surface area contributed by atoms with Gasteiger partial charge >= 0.3 is 0 Å². The van der Waals surface area contributed by atoms with Crippen LogP contribution in [0.5, 0.6) is 0 Å². The Kier molecular flexibility index (Phi) is 3.85. The molecule has 0 spiro atoms. The summed E-state index contributed by atoms with van der Waals surface area (Å²) in [6.45, 7) is 1.22. The fourth-order valence-electron chi connectivity index (χ4n) is 2.68. The summed E-state index contributed by atoms with van der Waals surface area (Å²) < 4.78 is 12.8. The lowest BCUT2D eigenvalue weighted by atomic mass is 10.1. The number of nitrogens with one attached hydrogen (secondary N) is 1. The SMILES string of the molecule is CN1CCN2C=C(C(=O)NCc3ccc(F)cc3)C(=O)C2C1=O. The molecule has 0 aliphatic carbocycles. The highest BCUT2D eigenvalue weighted by Gasteiger charge is 2.44. The summed E-state index contributed by atoms with van der Waals surface area (Å²) in [7, 11) is 1.64. The van der Waals surface area contributed by atoms with E-state index in [-0.39, 0.29) is 23.8 Å². The van der Waals surface area contributed by atoms with Gasteiger partial charge in [0.05, 0.1) is 0 Å². The van der Waals surface area contributed by atoms with E-state index >= 15 is 0 Å². The Morgan fingerprint density at radius 3 is 2.65 bits per heavy atom. The Morgan fingerprint density at radius 2 is 1.96 bits per heavy atom. The fraction of sp³-hybridized carbons (Fsp3) is 0.312. The maximum Gasteiger partial charge on any atom is 0.256 e. The van der Waals surface area contributed by atoms with Gasteiger partial charge < -0.3 is 15.1 Å². The first-order valence-electron chi connectivity index (χ1n) is 7.27. The summed E-state index contributed by atoms with van der Waals surface area (Å²) in [6.07, 6.45) is 1.46. The number of hydrogen-bond donors (Lipinski definition) is 1. The van der Waals surface area contributed by atoms with Crippen LogP contribution in [0.3, 0.4) is 0 Å². The van der Waals surface area contributed by atoms with Crippen molar-refractivity contribution >= 4 is 17.6 Å². The van der Waals surface area contributed by atoms with E-state index in [0.29, 0.717) is 13.1 Å². The molecule has 1 fully saturated rings. The topological polar surface area (TPSA) is 69.7 Å². The van der Waals surface area contributed by atoms with Gasteiger partial charge in [-0.25, -0.2) is 4.39 Å². The number of fused-ring (bicyclic) bond motifs is 1. The zero-order valence-electron chi connectivity index (χ0n) is 12.6. The number of ketones is 1. The summed E-state index contributed by atoms with van der Waals surface area (Å²) in [6, 6.07) is 4.80. The van der Waals surface area contributed by atoms with Gasteiger partial charge in [0.1, 0.15) is 11.4 Å². The predicted molar refractivity (Wildman–Crippen MR) is 79.5 cm³/mol. The van der Waals surface area contributed by atoms with Gasteiger partial charge in [-0.15, -0.1) is 0 Å². The van der Waals surface area contributed by atoms with E-state index in [4.69, 9.17) is 0 Å². The van der Waals surface area contributed by atoms with E-state index < -0.39 is 17.7 Å². The van der Waals surface area contributed by atoms with E-state index in [1.165, 1.54) is 23.2 Å². The van der Waals surface area contributed by atoms with Gasteiger partial charge in [-0.3, -0.25) is 14.4 Å². The Hall–Kier alpha value is -2.70. The molecule has 120 valence electrons. The Morgan fingerprint density at radius 1 is 1.26 bits per heavy atom. The van der Waals surface area contributed by atoms with Gasteiger partial charge in [0.15, 0.2) is 6.04 Å². The first-order valence-corrected chi connectivity index (χ1v) is 7.27.